The van der Waals surface area contributed by atoms with Gasteiger partial charge >= 0.3 is 6.03 Å². The number of nitrogens with one attached hydrogen (secondary N) is 1. The molecule has 7 nitrogen and oxygen atoms in total. The van der Waals surface area contributed by atoms with Crippen LogP contribution in [0, 0.1) is 11.7 Å². The Balaban J connectivity index is 1.41. The molecule has 5 rings (SSSR count). The topological polar surface area (TPSA) is 73.0 Å². The average Bonchev–Trinajstić information content (AvgIpc) is 2.82. The van der Waals surface area contributed by atoms with Gasteiger partial charge < -0.3 is 10.2 Å². The largest absolute Gasteiger partial charge is 0.337 e. The Labute approximate surface area is 157 Å². The average molecular weight is 374 g/mol. The third-order valence-corrected chi connectivity index (χ3v) is 5.66. The lowest BCUT2D eigenvalue weighted by Crippen LogP contribution is -2.51. The van der Waals surface area contributed by atoms with Crippen molar-refractivity contribution < 1.29 is 18.8 Å². The summed E-state index contributed by atoms with van der Waals surface area (Å²) < 4.78 is 13.1. The summed E-state index contributed by atoms with van der Waals surface area (Å²) in [6.45, 7) is 2.80. The molecular weight excluding hydrogens is 351 g/mol. The van der Waals surface area contributed by atoms with Crippen molar-refractivity contribution in [2.75, 3.05) is 32.7 Å². The van der Waals surface area contributed by atoms with E-state index < -0.39 is 6.03 Å². The highest BCUT2D eigenvalue weighted by atomic mass is 19.1. The van der Waals surface area contributed by atoms with Crippen LogP contribution in [0.5, 0.6) is 0 Å². The van der Waals surface area contributed by atoms with E-state index in [0.29, 0.717) is 12.5 Å². The Kier molecular flexibility index (Phi) is 4.82. The van der Waals surface area contributed by atoms with Crippen molar-refractivity contribution >= 4 is 17.8 Å². The summed E-state index contributed by atoms with van der Waals surface area (Å²) in [6.07, 6.45) is 1.99. The first-order valence-electron chi connectivity index (χ1n) is 9.34. The molecule has 2 atom stereocenters. The first-order valence-corrected chi connectivity index (χ1v) is 9.34. The summed E-state index contributed by atoms with van der Waals surface area (Å²) in [6, 6.07) is 6.11. The molecule has 4 amide bonds. The molecular formula is C19H23FN4O3. The van der Waals surface area contributed by atoms with Gasteiger partial charge in [-0.05, 0) is 36.5 Å². The van der Waals surface area contributed by atoms with Gasteiger partial charge in [0.15, 0.2) is 0 Å². The number of amides is 4. The fraction of sp³-hybridized carbons (Fsp3) is 0.526. The molecule has 0 unspecified atom stereocenters. The minimum Gasteiger partial charge on any atom is -0.337 e. The molecule has 0 aromatic heterocycles. The van der Waals surface area contributed by atoms with Crippen molar-refractivity contribution in [2.24, 2.45) is 5.92 Å². The molecule has 4 aliphatic rings. The van der Waals surface area contributed by atoms with Crippen LogP contribution in [0.4, 0.5) is 9.18 Å². The zero-order valence-electron chi connectivity index (χ0n) is 15.1. The van der Waals surface area contributed by atoms with Gasteiger partial charge in [0.2, 0.25) is 5.91 Å². The quantitative estimate of drug-likeness (QED) is 0.792. The van der Waals surface area contributed by atoms with Crippen molar-refractivity contribution in [1.29, 1.82) is 0 Å². The highest BCUT2D eigenvalue weighted by molar-refractivity contribution is 6.04. The Bertz CT molecular complexity index is 738. The Morgan fingerprint density at radius 2 is 1.89 bits per heavy atom. The second-order valence-electron chi connectivity index (χ2n) is 7.60. The standard InChI is InChI=1S/C19H23FN4O3/c20-15-4-1-13(2-5-15)8-22-9-14-3-6-16(11-22)23(10-14)18(26)12-24-17(25)7-21-19(24)27/h1-2,4-5,14,16H,3,6-12H2,(H,21,27)/t14-,16+/m0/s1. The summed E-state index contributed by atoms with van der Waals surface area (Å²) in [4.78, 5) is 41.4. The molecule has 0 radical (unpaired) electrons. The van der Waals surface area contributed by atoms with E-state index in [-0.39, 0.29) is 36.8 Å². The predicted octanol–water partition coefficient (Wildman–Crippen LogP) is 0.800. The SMILES string of the molecule is O=C1CNC(=O)N1CC(=O)N1C[C@H]2CC[C@@H]1CN(Cc1ccc(F)cc1)C2. The molecule has 4 fully saturated rings. The number of hydrogen-bond acceptors (Lipinski definition) is 4. The van der Waals surface area contributed by atoms with Crippen LogP contribution in [0.3, 0.4) is 0 Å². The normalized spacial score (nSPS) is 25.7. The van der Waals surface area contributed by atoms with Gasteiger partial charge in [0.1, 0.15) is 12.4 Å². The van der Waals surface area contributed by atoms with E-state index in [4.69, 9.17) is 0 Å². The van der Waals surface area contributed by atoms with Crippen molar-refractivity contribution in [3.63, 3.8) is 0 Å². The van der Waals surface area contributed by atoms with Gasteiger partial charge in [-0.2, -0.15) is 0 Å². The van der Waals surface area contributed by atoms with E-state index in [1.807, 2.05) is 4.90 Å². The lowest BCUT2D eigenvalue weighted by Gasteiger charge is -2.36. The highest BCUT2D eigenvalue weighted by Gasteiger charge is 2.39. The zero-order chi connectivity index (χ0) is 19.0. The fourth-order valence-corrected chi connectivity index (χ4v) is 4.30. The number of nitrogens with zero attached hydrogens (tertiary/aromatic N) is 3. The van der Waals surface area contributed by atoms with Crippen LogP contribution < -0.4 is 5.32 Å². The maximum Gasteiger partial charge on any atom is 0.325 e. The van der Waals surface area contributed by atoms with E-state index in [2.05, 4.69) is 10.2 Å². The van der Waals surface area contributed by atoms with Gasteiger partial charge in [0, 0.05) is 32.2 Å². The van der Waals surface area contributed by atoms with Crippen molar-refractivity contribution in [3.8, 4) is 0 Å². The Morgan fingerprint density at radius 3 is 2.59 bits per heavy atom. The number of urea groups is 1. The van der Waals surface area contributed by atoms with Crippen LogP contribution >= 0.6 is 0 Å². The third kappa shape index (κ3) is 3.80. The summed E-state index contributed by atoms with van der Waals surface area (Å²) >= 11 is 0. The molecule has 4 saturated heterocycles. The zero-order valence-corrected chi connectivity index (χ0v) is 15.1. The minimum absolute atomic E-state index is 0.0381. The number of carbonyl (C=O) groups is 3. The van der Waals surface area contributed by atoms with Crippen LogP contribution in [0.15, 0.2) is 24.3 Å². The van der Waals surface area contributed by atoms with Crippen LogP contribution in [0.25, 0.3) is 0 Å². The second kappa shape index (κ2) is 7.26. The number of rotatable bonds is 4. The smallest absolute Gasteiger partial charge is 0.325 e. The van der Waals surface area contributed by atoms with Gasteiger partial charge in [-0.1, -0.05) is 12.1 Å². The maximum absolute atomic E-state index is 13.1. The van der Waals surface area contributed by atoms with Gasteiger partial charge in [-0.25, -0.2) is 9.18 Å². The molecule has 0 aliphatic carbocycles. The third-order valence-electron chi connectivity index (χ3n) is 5.66. The lowest BCUT2D eigenvalue weighted by molar-refractivity contribution is -0.139. The molecule has 8 heteroatoms. The number of halogens is 1. The molecule has 1 aromatic carbocycles. The molecule has 4 heterocycles. The van der Waals surface area contributed by atoms with Crippen molar-refractivity contribution in [2.45, 2.75) is 25.4 Å². The summed E-state index contributed by atoms with van der Waals surface area (Å²) in [7, 11) is 0. The number of piperidine rings is 1. The van der Waals surface area contributed by atoms with E-state index in [9.17, 15) is 18.8 Å². The van der Waals surface area contributed by atoms with Gasteiger partial charge in [-0.15, -0.1) is 0 Å². The van der Waals surface area contributed by atoms with Crippen LogP contribution in [-0.4, -0.2) is 71.3 Å². The monoisotopic (exact) mass is 374 g/mol. The predicted molar refractivity (Wildman–Crippen MR) is 95.0 cm³/mol. The minimum atomic E-state index is -0.494. The fourth-order valence-electron chi connectivity index (χ4n) is 4.30. The van der Waals surface area contributed by atoms with Gasteiger partial charge in [-0.3, -0.25) is 19.4 Å². The van der Waals surface area contributed by atoms with Crippen LogP contribution in [-0.2, 0) is 16.1 Å². The summed E-state index contributed by atoms with van der Waals surface area (Å²) in [5.41, 5.74) is 1.05. The Morgan fingerprint density at radius 1 is 1.11 bits per heavy atom. The molecule has 4 aliphatic heterocycles. The number of benzene rings is 1. The van der Waals surface area contributed by atoms with E-state index in [1.165, 1.54) is 12.1 Å². The number of hydrogen-bond donors (Lipinski definition) is 1. The van der Waals surface area contributed by atoms with Gasteiger partial charge in [0.05, 0.1) is 6.54 Å². The van der Waals surface area contributed by atoms with Crippen molar-refractivity contribution in [3.05, 3.63) is 35.6 Å². The van der Waals surface area contributed by atoms with E-state index in [1.54, 1.807) is 12.1 Å². The number of fused-ring (bicyclic) bond motifs is 4. The summed E-state index contributed by atoms with van der Waals surface area (Å²) in [5.74, 6) is -0.395. The molecule has 0 spiro atoms. The number of carbonyl (C=O) groups excluding carboxylic acids is 3. The lowest BCUT2D eigenvalue weighted by atomic mass is 9.95. The van der Waals surface area contributed by atoms with Crippen LogP contribution in [0.1, 0.15) is 18.4 Å². The molecule has 0 saturated carbocycles. The first-order chi connectivity index (χ1) is 13.0. The summed E-state index contributed by atoms with van der Waals surface area (Å²) in [5, 5.41) is 2.44. The van der Waals surface area contributed by atoms with Gasteiger partial charge in [0.25, 0.3) is 5.91 Å². The van der Waals surface area contributed by atoms with E-state index in [0.717, 1.165) is 42.9 Å². The molecule has 2 bridgehead atoms. The highest BCUT2D eigenvalue weighted by Crippen LogP contribution is 2.29. The molecule has 1 aromatic rings. The molecule has 27 heavy (non-hydrogen) atoms. The van der Waals surface area contributed by atoms with Crippen molar-refractivity contribution in [1.82, 2.24) is 20.0 Å². The maximum atomic E-state index is 13.1. The number of imide groups is 1. The first kappa shape index (κ1) is 17.9. The second-order valence-corrected chi connectivity index (χ2v) is 7.60. The van der Waals surface area contributed by atoms with E-state index >= 15 is 0 Å². The Hall–Kier alpha value is -2.48. The molecule has 1 N–H and O–H groups in total. The molecule has 144 valence electrons. The van der Waals surface area contributed by atoms with Crippen LogP contribution in [0.2, 0.25) is 0 Å².